The van der Waals surface area contributed by atoms with E-state index in [1.54, 1.807) is 24.3 Å². The number of halogens is 3. The molecule has 0 radical (unpaired) electrons. The first kappa shape index (κ1) is 19.2. The third-order valence-electron chi connectivity index (χ3n) is 3.17. The summed E-state index contributed by atoms with van der Waals surface area (Å²) in [7, 11) is 0. The Labute approximate surface area is 160 Å². The maximum Gasteiger partial charge on any atom is 0.573 e. The van der Waals surface area contributed by atoms with Gasteiger partial charge in [0, 0.05) is 11.3 Å². The van der Waals surface area contributed by atoms with Gasteiger partial charge in [-0.2, -0.15) is 0 Å². The van der Waals surface area contributed by atoms with Gasteiger partial charge in [0.25, 0.3) is 0 Å². The molecule has 3 aromatic rings. The van der Waals surface area contributed by atoms with Crippen LogP contribution in [0.2, 0.25) is 0 Å². The molecule has 27 heavy (non-hydrogen) atoms. The number of Topliss-reactive ketones (excluding diaryl/α,β-unsaturated/α-hetero) is 1. The fraction of sp³-hybridized carbons (Fsp3) is 0.118. The molecule has 0 amide bonds. The van der Waals surface area contributed by atoms with Crippen molar-refractivity contribution in [3.63, 3.8) is 0 Å². The number of carbonyl (C=O) groups is 1. The van der Waals surface area contributed by atoms with Gasteiger partial charge in [-0.15, -0.1) is 23.4 Å². The molecule has 0 unspecified atom stereocenters. The van der Waals surface area contributed by atoms with Crippen molar-refractivity contribution in [1.82, 2.24) is 10.2 Å². The lowest BCUT2D eigenvalue weighted by atomic mass is 10.2. The molecule has 140 valence electrons. The van der Waals surface area contributed by atoms with E-state index in [1.807, 2.05) is 6.07 Å². The average Bonchev–Trinajstić information content (AvgIpc) is 3.08. The van der Waals surface area contributed by atoms with E-state index in [0.717, 1.165) is 0 Å². The minimum Gasteiger partial charge on any atom is -0.406 e. The van der Waals surface area contributed by atoms with E-state index in [9.17, 15) is 18.0 Å². The highest BCUT2D eigenvalue weighted by atomic mass is 32.2. The zero-order valence-electron chi connectivity index (χ0n) is 13.6. The minimum atomic E-state index is -4.72. The van der Waals surface area contributed by atoms with Crippen molar-refractivity contribution in [1.29, 1.82) is 0 Å². The van der Waals surface area contributed by atoms with E-state index in [2.05, 4.69) is 20.3 Å². The number of alkyl halides is 3. The SMILES string of the molecule is O=C(CSc1nnc(Nc2ccc(OC(F)(F)F)cc2)s1)c1ccccc1. The largest absolute Gasteiger partial charge is 0.573 e. The summed E-state index contributed by atoms with van der Waals surface area (Å²) in [6.45, 7) is 0. The van der Waals surface area contributed by atoms with Crippen LogP contribution < -0.4 is 10.1 Å². The average molecular weight is 411 g/mol. The van der Waals surface area contributed by atoms with E-state index < -0.39 is 6.36 Å². The highest BCUT2D eigenvalue weighted by Crippen LogP contribution is 2.29. The topological polar surface area (TPSA) is 64.1 Å². The number of anilines is 2. The highest BCUT2D eigenvalue weighted by molar-refractivity contribution is 8.01. The molecular formula is C17H12F3N3O2S2. The molecule has 2 aromatic carbocycles. The third-order valence-corrected chi connectivity index (χ3v) is 5.14. The summed E-state index contributed by atoms with van der Waals surface area (Å²) in [4.78, 5) is 12.1. The Hall–Kier alpha value is -2.59. The number of nitrogens with zero attached hydrogens (tertiary/aromatic N) is 2. The van der Waals surface area contributed by atoms with Gasteiger partial charge in [0.05, 0.1) is 5.75 Å². The number of benzene rings is 2. The summed E-state index contributed by atoms with van der Waals surface area (Å²) in [6.07, 6.45) is -4.72. The molecule has 0 atom stereocenters. The van der Waals surface area contributed by atoms with Crippen LogP contribution in [0.15, 0.2) is 58.9 Å². The van der Waals surface area contributed by atoms with Gasteiger partial charge in [0.1, 0.15) is 5.75 Å². The quantitative estimate of drug-likeness (QED) is 0.428. The van der Waals surface area contributed by atoms with Crippen molar-refractivity contribution >= 4 is 39.7 Å². The number of ether oxygens (including phenoxy) is 1. The van der Waals surface area contributed by atoms with Crippen molar-refractivity contribution < 1.29 is 22.7 Å². The zero-order valence-corrected chi connectivity index (χ0v) is 15.2. The molecule has 1 heterocycles. The Morgan fingerprint density at radius 2 is 1.78 bits per heavy atom. The number of hydrogen-bond acceptors (Lipinski definition) is 7. The predicted octanol–water partition coefficient (Wildman–Crippen LogP) is 5.16. The standard InChI is InChI=1S/C17H12F3N3O2S2/c18-17(19,20)25-13-8-6-12(7-9-13)21-15-22-23-16(27-15)26-10-14(24)11-4-2-1-3-5-11/h1-9H,10H2,(H,21,22). The summed E-state index contributed by atoms with van der Waals surface area (Å²) < 4.78 is 40.9. The number of thioether (sulfide) groups is 1. The molecule has 0 saturated heterocycles. The molecule has 10 heteroatoms. The van der Waals surface area contributed by atoms with Crippen molar-refractivity contribution in [2.24, 2.45) is 0 Å². The maximum atomic E-state index is 12.1. The van der Waals surface area contributed by atoms with Crippen LogP contribution in [0.1, 0.15) is 10.4 Å². The number of aromatic nitrogens is 2. The molecule has 3 rings (SSSR count). The fourth-order valence-corrected chi connectivity index (χ4v) is 3.68. The molecule has 0 aliphatic rings. The highest BCUT2D eigenvalue weighted by Gasteiger charge is 2.30. The van der Waals surface area contributed by atoms with E-state index in [1.165, 1.54) is 47.4 Å². The van der Waals surface area contributed by atoms with Crippen molar-refractivity contribution in [2.75, 3.05) is 11.1 Å². The summed E-state index contributed by atoms with van der Waals surface area (Å²) in [5.74, 6) is -0.0752. The minimum absolute atomic E-state index is 0.00874. The summed E-state index contributed by atoms with van der Waals surface area (Å²) in [6, 6.07) is 14.2. The van der Waals surface area contributed by atoms with Crippen LogP contribution in [0.5, 0.6) is 5.75 Å². The Balaban J connectivity index is 1.54. The second kappa shape index (κ2) is 8.40. The number of hydrogen-bond donors (Lipinski definition) is 1. The first-order valence-corrected chi connectivity index (χ1v) is 9.37. The van der Waals surface area contributed by atoms with Gasteiger partial charge in [0.15, 0.2) is 10.1 Å². The molecule has 0 saturated carbocycles. The Morgan fingerprint density at radius 1 is 1.07 bits per heavy atom. The molecule has 1 aromatic heterocycles. The van der Waals surface area contributed by atoms with E-state index >= 15 is 0 Å². The van der Waals surface area contributed by atoms with Gasteiger partial charge < -0.3 is 10.1 Å². The van der Waals surface area contributed by atoms with Crippen LogP contribution in [-0.2, 0) is 0 Å². The lowest BCUT2D eigenvalue weighted by Gasteiger charge is -2.09. The van der Waals surface area contributed by atoms with Crippen LogP contribution in [0.25, 0.3) is 0 Å². The van der Waals surface area contributed by atoms with Gasteiger partial charge in [-0.25, -0.2) is 0 Å². The number of ketones is 1. The van der Waals surface area contributed by atoms with Gasteiger partial charge >= 0.3 is 6.36 Å². The lowest BCUT2D eigenvalue weighted by Crippen LogP contribution is -2.16. The first-order valence-electron chi connectivity index (χ1n) is 7.56. The Bertz CT molecular complexity index is 900. The van der Waals surface area contributed by atoms with Crippen molar-refractivity contribution in [3.8, 4) is 5.75 Å². The van der Waals surface area contributed by atoms with Crippen molar-refractivity contribution in [2.45, 2.75) is 10.7 Å². The molecule has 0 spiro atoms. The monoisotopic (exact) mass is 411 g/mol. The molecule has 0 aliphatic heterocycles. The van der Waals surface area contributed by atoms with Crippen LogP contribution >= 0.6 is 23.1 Å². The maximum absolute atomic E-state index is 12.1. The Kier molecular flexibility index (Phi) is 5.97. The number of rotatable bonds is 7. The lowest BCUT2D eigenvalue weighted by molar-refractivity contribution is -0.274. The van der Waals surface area contributed by atoms with Gasteiger partial charge in [-0.1, -0.05) is 53.4 Å². The second-order valence-electron chi connectivity index (χ2n) is 5.15. The third kappa shape index (κ3) is 5.97. The molecule has 1 N–H and O–H groups in total. The van der Waals surface area contributed by atoms with Crippen LogP contribution in [-0.4, -0.2) is 28.1 Å². The van der Waals surface area contributed by atoms with Crippen molar-refractivity contribution in [3.05, 3.63) is 60.2 Å². The normalized spacial score (nSPS) is 11.2. The van der Waals surface area contributed by atoms with E-state index in [4.69, 9.17) is 0 Å². The summed E-state index contributed by atoms with van der Waals surface area (Å²) in [5, 5.41) is 11.4. The number of nitrogens with one attached hydrogen (secondary N) is 1. The number of carbonyl (C=O) groups excluding carboxylic acids is 1. The van der Waals surface area contributed by atoms with Crippen LogP contribution in [0.3, 0.4) is 0 Å². The zero-order chi connectivity index (χ0) is 19.3. The Morgan fingerprint density at radius 3 is 2.44 bits per heavy atom. The van der Waals surface area contributed by atoms with Gasteiger partial charge in [-0.05, 0) is 24.3 Å². The van der Waals surface area contributed by atoms with Crippen LogP contribution in [0, 0.1) is 0 Å². The van der Waals surface area contributed by atoms with Gasteiger partial charge in [0.2, 0.25) is 5.13 Å². The molecular weight excluding hydrogens is 399 g/mol. The van der Waals surface area contributed by atoms with Gasteiger partial charge in [-0.3, -0.25) is 4.79 Å². The van der Waals surface area contributed by atoms with Crippen LogP contribution in [0.4, 0.5) is 24.0 Å². The smallest absolute Gasteiger partial charge is 0.406 e. The molecule has 0 fully saturated rings. The second-order valence-corrected chi connectivity index (χ2v) is 7.35. The van der Waals surface area contributed by atoms with E-state index in [0.29, 0.717) is 20.7 Å². The molecule has 0 bridgehead atoms. The molecule has 0 aliphatic carbocycles. The predicted molar refractivity (Wildman–Crippen MR) is 97.8 cm³/mol. The molecule has 5 nitrogen and oxygen atoms in total. The van der Waals surface area contributed by atoms with E-state index in [-0.39, 0.29) is 17.3 Å². The summed E-state index contributed by atoms with van der Waals surface area (Å²) >= 11 is 2.52. The summed E-state index contributed by atoms with van der Waals surface area (Å²) in [5.41, 5.74) is 1.17. The fourth-order valence-electron chi connectivity index (χ4n) is 2.02. The first-order chi connectivity index (χ1) is 12.9.